The number of nitriles is 1. The molecule has 0 bridgehead atoms. The molecule has 78 valence electrons. The summed E-state index contributed by atoms with van der Waals surface area (Å²) in [7, 11) is 1.26. The fourth-order valence-corrected chi connectivity index (χ4v) is 1.63. The van der Waals surface area contributed by atoms with E-state index in [1.807, 2.05) is 6.07 Å². The van der Waals surface area contributed by atoms with Crippen LogP contribution in [-0.4, -0.2) is 18.2 Å². The van der Waals surface area contributed by atoms with Crippen LogP contribution < -0.4 is 0 Å². The van der Waals surface area contributed by atoms with Gasteiger partial charge in [0.2, 0.25) is 0 Å². The van der Waals surface area contributed by atoms with Crippen LogP contribution >= 0.6 is 15.9 Å². The van der Waals surface area contributed by atoms with E-state index in [1.54, 1.807) is 0 Å². The van der Waals surface area contributed by atoms with Crippen molar-refractivity contribution in [3.05, 3.63) is 29.3 Å². The van der Waals surface area contributed by atoms with Gasteiger partial charge in [0.25, 0.3) is 0 Å². The van der Waals surface area contributed by atoms with Crippen LogP contribution in [0.4, 0.5) is 0 Å². The van der Waals surface area contributed by atoms with Crippen molar-refractivity contribution in [1.82, 2.24) is 0 Å². The van der Waals surface area contributed by atoms with Gasteiger partial charge in [-0.1, -0.05) is 22.0 Å². The van der Waals surface area contributed by atoms with Crippen molar-refractivity contribution >= 4 is 21.9 Å². The Morgan fingerprint density at radius 2 is 2.33 bits per heavy atom. The Morgan fingerprint density at radius 1 is 1.67 bits per heavy atom. The van der Waals surface area contributed by atoms with Gasteiger partial charge in [0.1, 0.15) is 10.6 Å². The molecule has 0 saturated heterocycles. The maximum absolute atomic E-state index is 11.2. The monoisotopic (exact) mass is 269 g/mol. The number of rotatable bonds is 2. The lowest BCUT2D eigenvalue weighted by molar-refractivity contribution is -0.139. The second-order valence-corrected chi connectivity index (χ2v) is 3.69. The standard InChI is InChI=1S/C10H8BrNO3/c1-15-10(14)9(11)7-3-2-6(5-12)4-8(7)13/h2-4,9,13H,1H3. The highest BCUT2D eigenvalue weighted by Gasteiger charge is 2.20. The van der Waals surface area contributed by atoms with Crippen molar-refractivity contribution in [2.24, 2.45) is 0 Å². The van der Waals surface area contributed by atoms with Crippen LogP contribution in [0.1, 0.15) is 16.0 Å². The highest BCUT2D eigenvalue weighted by atomic mass is 79.9. The van der Waals surface area contributed by atoms with Crippen LogP contribution in [0.15, 0.2) is 18.2 Å². The van der Waals surface area contributed by atoms with Gasteiger partial charge in [0, 0.05) is 5.56 Å². The van der Waals surface area contributed by atoms with Gasteiger partial charge < -0.3 is 9.84 Å². The molecule has 0 fully saturated rings. The van der Waals surface area contributed by atoms with E-state index in [9.17, 15) is 9.90 Å². The fourth-order valence-electron chi connectivity index (χ4n) is 1.06. The normalized spacial score (nSPS) is 11.5. The Balaban J connectivity index is 3.07. The third kappa shape index (κ3) is 2.48. The average Bonchev–Trinajstić information content (AvgIpc) is 2.26. The molecule has 0 amide bonds. The van der Waals surface area contributed by atoms with Gasteiger partial charge in [0.15, 0.2) is 0 Å². The van der Waals surface area contributed by atoms with Gasteiger partial charge in [-0.2, -0.15) is 5.26 Å². The van der Waals surface area contributed by atoms with E-state index in [1.165, 1.54) is 25.3 Å². The Bertz CT molecular complexity index is 425. The molecule has 1 atom stereocenters. The van der Waals surface area contributed by atoms with Crippen LogP contribution in [0, 0.1) is 11.3 Å². The molecule has 15 heavy (non-hydrogen) atoms. The number of hydrogen-bond acceptors (Lipinski definition) is 4. The van der Waals surface area contributed by atoms with Crippen molar-refractivity contribution in [2.75, 3.05) is 7.11 Å². The first kappa shape index (κ1) is 11.5. The number of alkyl halides is 1. The zero-order chi connectivity index (χ0) is 11.4. The fraction of sp³-hybridized carbons (Fsp3) is 0.200. The van der Waals surface area contributed by atoms with E-state index < -0.39 is 10.8 Å². The molecule has 1 aromatic carbocycles. The van der Waals surface area contributed by atoms with Gasteiger partial charge in [-0.15, -0.1) is 0 Å². The second kappa shape index (κ2) is 4.80. The molecule has 5 heteroatoms. The number of phenols is 1. The second-order valence-electron chi connectivity index (χ2n) is 2.77. The first-order valence-electron chi connectivity index (χ1n) is 4.05. The molecule has 1 unspecified atom stereocenters. The van der Waals surface area contributed by atoms with Crippen molar-refractivity contribution in [3.8, 4) is 11.8 Å². The van der Waals surface area contributed by atoms with Gasteiger partial charge in [-0.25, -0.2) is 0 Å². The maximum Gasteiger partial charge on any atom is 0.324 e. The number of carbonyl (C=O) groups excluding carboxylic acids is 1. The molecule has 1 N–H and O–H groups in total. The maximum atomic E-state index is 11.2. The zero-order valence-electron chi connectivity index (χ0n) is 7.90. The summed E-state index contributed by atoms with van der Waals surface area (Å²) in [5.74, 6) is -0.615. The quantitative estimate of drug-likeness (QED) is 0.657. The average molecular weight is 270 g/mol. The Labute approximate surface area is 95.2 Å². The lowest BCUT2D eigenvalue weighted by atomic mass is 10.1. The molecule has 0 spiro atoms. The summed E-state index contributed by atoms with van der Waals surface area (Å²) >= 11 is 3.09. The van der Waals surface area contributed by atoms with E-state index in [-0.39, 0.29) is 5.75 Å². The molecule has 4 nitrogen and oxygen atoms in total. The lowest BCUT2D eigenvalue weighted by Crippen LogP contribution is -2.08. The molecule has 0 radical (unpaired) electrons. The predicted molar refractivity (Wildman–Crippen MR) is 56.5 cm³/mol. The van der Waals surface area contributed by atoms with Crippen LogP contribution in [0.25, 0.3) is 0 Å². The van der Waals surface area contributed by atoms with Crippen molar-refractivity contribution in [3.63, 3.8) is 0 Å². The summed E-state index contributed by atoms with van der Waals surface area (Å²) in [6.07, 6.45) is 0. The molecule has 0 aliphatic rings. The number of phenolic OH excluding ortho intramolecular Hbond substituents is 1. The molecule has 0 aliphatic heterocycles. The van der Waals surface area contributed by atoms with Gasteiger partial charge in [0.05, 0.1) is 18.7 Å². The molecule has 0 aromatic heterocycles. The minimum atomic E-state index is -0.727. The minimum Gasteiger partial charge on any atom is -0.508 e. The SMILES string of the molecule is COC(=O)C(Br)c1ccc(C#N)cc1O. The Hall–Kier alpha value is -1.54. The molecular weight excluding hydrogens is 262 g/mol. The minimum absolute atomic E-state index is 0.110. The van der Waals surface area contributed by atoms with Crippen LogP contribution in [-0.2, 0) is 9.53 Å². The zero-order valence-corrected chi connectivity index (χ0v) is 9.48. The first-order chi connectivity index (χ1) is 7.10. The largest absolute Gasteiger partial charge is 0.508 e. The number of aromatic hydroxyl groups is 1. The van der Waals surface area contributed by atoms with Crippen molar-refractivity contribution in [2.45, 2.75) is 4.83 Å². The highest BCUT2D eigenvalue weighted by molar-refractivity contribution is 9.09. The molecule has 0 heterocycles. The van der Waals surface area contributed by atoms with Crippen LogP contribution in [0.5, 0.6) is 5.75 Å². The van der Waals surface area contributed by atoms with Crippen LogP contribution in [0.2, 0.25) is 0 Å². The lowest BCUT2D eigenvalue weighted by Gasteiger charge is -2.09. The summed E-state index contributed by atoms with van der Waals surface area (Å²) in [5, 5.41) is 18.1. The third-order valence-corrected chi connectivity index (χ3v) is 2.71. The number of hydrogen-bond donors (Lipinski definition) is 1. The van der Waals surface area contributed by atoms with Crippen molar-refractivity contribution < 1.29 is 14.6 Å². The molecular formula is C10H8BrNO3. The summed E-state index contributed by atoms with van der Waals surface area (Å²) in [6, 6.07) is 6.21. The molecule has 0 aliphatic carbocycles. The van der Waals surface area contributed by atoms with E-state index in [4.69, 9.17) is 5.26 Å². The topological polar surface area (TPSA) is 70.3 Å². The summed E-state index contributed by atoms with van der Waals surface area (Å²) < 4.78 is 4.52. The Kier molecular flexibility index (Phi) is 3.69. The number of benzene rings is 1. The highest BCUT2D eigenvalue weighted by Crippen LogP contribution is 2.31. The number of ether oxygens (including phenoxy) is 1. The van der Waals surface area contributed by atoms with Crippen LogP contribution in [0.3, 0.4) is 0 Å². The number of methoxy groups -OCH3 is 1. The van der Waals surface area contributed by atoms with E-state index in [0.717, 1.165) is 0 Å². The van der Waals surface area contributed by atoms with Gasteiger partial charge in [-0.05, 0) is 12.1 Å². The number of esters is 1. The molecule has 1 aromatic rings. The smallest absolute Gasteiger partial charge is 0.324 e. The molecule has 1 rings (SSSR count). The van der Waals surface area contributed by atoms with E-state index in [0.29, 0.717) is 11.1 Å². The summed E-state index contributed by atoms with van der Waals surface area (Å²) in [5.41, 5.74) is 0.710. The summed E-state index contributed by atoms with van der Waals surface area (Å²) in [4.78, 5) is 10.4. The van der Waals surface area contributed by atoms with Crippen molar-refractivity contribution in [1.29, 1.82) is 5.26 Å². The van der Waals surface area contributed by atoms with Gasteiger partial charge >= 0.3 is 5.97 Å². The van der Waals surface area contributed by atoms with E-state index >= 15 is 0 Å². The number of carbonyl (C=O) groups is 1. The number of nitrogens with zero attached hydrogens (tertiary/aromatic N) is 1. The Morgan fingerprint density at radius 3 is 2.80 bits per heavy atom. The van der Waals surface area contributed by atoms with E-state index in [2.05, 4.69) is 20.7 Å². The van der Waals surface area contributed by atoms with Gasteiger partial charge in [-0.3, -0.25) is 4.79 Å². The summed E-state index contributed by atoms with van der Waals surface area (Å²) in [6.45, 7) is 0. The molecule has 0 saturated carbocycles. The third-order valence-electron chi connectivity index (χ3n) is 1.84. The number of halogens is 1. The predicted octanol–water partition coefficient (Wildman–Crippen LogP) is 1.87. The first-order valence-corrected chi connectivity index (χ1v) is 4.96.